The maximum atomic E-state index is 13.0. The molecule has 0 aliphatic heterocycles. The normalized spacial score (nSPS) is 12.0. The molecule has 2 rings (SSSR count). The highest BCUT2D eigenvalue weighted by molar-refractivity contribution is 7.92. The van der Waals surface area contributed by atoms with E-state index < -0.39 is 42.3 Å². The molecule has 0 radical (unpaired) electrons. The van der Waals surface area contributed by atoms with Gasteiger partial charge in [-0.05, 0) is 31.2 Å². The van der Waals surface area contributed by atoms with Gasteiger partial charge < -0.3 is 0 Å². The number of nitro groups is 1. The Kier molecular flexibility index (Phi) is 5.47. The molecule has 0 amide bonds. The molecule has 0 saturated carbocycles. The standard InChI is InChI=1S/C15H12ClF3N2O4S/c1-2-20(10-6-7-14(16)13(9-10)15(17,18)19)26(24,25)12-5-3-4-11(8-12)21(22)23/h3-9H,2H2,1H3. The topological polar surface area (TPSA) is 80.5 Å². The Balaban J connectivity index is 2.58. The molecule has 0 N–H and O–H groups in total. The van der Waals surface area contributed by atoms with Gasteiger partial charge in [-0.3, -0.25) is 14.4 Å². The first-order chi connectivity index (χ1) is 12.0. The molecule has 0 heterocycles. The van der Waals surface area contributed by atoms with E-state index in [4.69, 9.17) is 11.6 Å². The Hall–Kier alpha value is -2.33. The number of sulfonamides is 1. The van der Waals surface area contributed by atoms with Crippen molar-refractivity contribution in [1.82, 2.24) is 0 Å². The quantitative estimate of drug-likeness (QED) is 0.539. The number of anilines is 1. The molecule has 11 heteroatoms. The average Bonchev–Trinajstić information content (AvgIpc) is 2.55. The first-order valence-electron chi connectivity index (χ1n) is 7.12. The number of halogens is 4. The number of benzene rings is 2. The van der Waals surface area contributed by atoms with Crippen LogP contribution in [-0.4, -0.2) is 19.9 Å². The van der Waals surface area contributed by atoms with Crippen molar-refractivity contribution in [3.63, 3.8) is 0 Å². The molecule has 0 fully saturated rings. The summed E-state index contributed by atoms with van der Waals surface area (Å²) in [6, 6.07) is 6.98. The van der Waals surface area contributed by atoms with E-state index in [-0.39, 0.29) is 12.2 Å². The number of non-ortho nitro benzene ring substituents is 1. The summed E-state index contributed by atoms with van der Waals surface area (Å²) in [5.41, 5.74) is -1.88. The summed E-state index contributed by atoms with van der Waals surface area (Å²) in [5.74, 6) is 0. The highest BCUT2D eigenvalue weighted by Crippen LogP contribution is 2.38. The predicted octanol–water partition coefficient (Wildman–Crippen LogP) is 4.48. The van der Waals surface area contributed by atoms with Crippen molar-refractivity contribution in [3.05, 3.63) is 63.2 Å². The Labute approximate surface area is 152 Å². The number of rotatable bonds is 5. The lowest BCUT2D eigenvalue weighted by atomic mass is 10.2. The minimum Gasteiger partial charge on any atom is -0.267 e. The molecule has 0 atom stereocenters. The van der Waals surface area contributed by atoms with Crippen LogP contribution >= 0.6 is 11.6 Å². The summed E-state index contributed by atoms with van der Waals surface area (Å²) < 4.78 is 65.4. The maximum Gasteiger partial charge on any atom is 0.417 e. The van der Waals surface area contributed by atoms with E-state index in [1.54, 1.807) is 0 Å². The van der Waals surface area contributed by atoms with Crippen molar-refractivity contribution >= 4 is 33.0 Å². The first kappa shape index (κ1) is 20.0. The van der Waals surface area contributed by atoms with Crippen molar-refractivity contribution in [2.75, 3.05) is 10.8 Å². The van der Waals surface area contributed by atoms with Gasteiger partial charge in [0, 0.05) is 18.7 Å². The van der Waals surface area contributed by atoms with Crippen LogP contribution < -0.4 is 4.31 Å². The summed E-state index contributed by atoms with van der Waals surface area (Å²) in [6.07, 6.45) is -4.76. The SMILES string of the molecule is CCN(c1ccc(Cl)c(C(F)(F)F)c1)S(=O)(=O)c1cccc([N+](=O)[O-])c1. The third kappa shape index (κ3) is 3.91. The molecule has 0 unspecified atom stereocenters. The van der Waals surface area contributed by atoms with Crippen LogP contribution in [0.2, 0.25) is 5.02 Å². The van der Waals surface area contributed by atoms with Gasteiger partial charge in [0.05, 0.1) is 26.1 Å². The fourth-order valence-electron chi connectivity index (χ4n) is 2.26. The van der Waals surface area contributed by atoms with Gasteiger partial charge in [-0.25, -0.2) is 8.42 Å². The zero-order chi connectivity index (χ0) is 19.7. The smallest absolute Gasteiger partial charge is 0.267 e. The lowest BCUT2D eigenvalue weighted by molar-refractivity contribution is -0.385. The second-order valence-electron chi connectivity index (χ2n) is 5.09. The van der Waals surface area contributed by atoms with Crippen molar-refractivity contribution in [2.45, 2.75) is 18.0 Å². The monoisotopic (exact) mass is 408 g/mol. The largest absolute Gasteiger partial charge is 0.417 e. The summed E-state index contributed by atoms with van der Waals surface area (Å²) in [4.78, 5) is 9.67. The second kappa shape index (κ2) is 7.12. The van der Waals surface area contributed by atoms with Gasteiger partial charge in [-0.15, -0.1) is 0 Å². The van der Waals surface area contributed by atoms with Gasteiger partial charge in [0.15, 0.2) is 0 Å². The first-order valence-corrected chi connectivity index (χ1v) is 8.94. The van der Waals surface area contributed by atoms with E-state index in [1.165, 1.54) is 13.0 Å². The van der Waals surface area contributed by atoms with Gasteiger partial charge in [0.1, 0.15) is 0 Å². The van der Waals surface area contributed by atoms with Gasteiger partial charge >= 0.3 is 6.18 Å². The highest BCUT2D eigenvalue weighted by atomic mass is 35.5. The lowest BCUT2D eigenvalue weighted by Crippen LogP contribution is -2.31. The third-order valence-electron chi connectivity index (χ3n) is 3.45. The van der Waals surface area contributed by atoms with E-state index in [0.717, 1.165) is 34.6 Å². The van der Waals surface area contributed by atoms with E-state index >= 15 is 0 Å². The Bertz CT molecular complexity index is 948. The van der Waals surface area contributed by atoms with Crippen molar-refractivity contribution < 1.29 is 26.5 Å². The molecule has 0 aliphatic carbocycles. The third-order valence-corrected chi connectivity index (χ3v) is 5.68. The molecule has 0 bridgehead atoms. The zero-order valence-electron chi connectivity index (χ0n) is 13.2. The highest BCUT2D eigenvalue weighted by Gasteiger charge is 2.35. The number of hydrogen-bond donors (Lipinski definition) is 0. The van der Waals surface area contributed by atoms with Gasteiger partial charge in [0.25, 0.3) is 15.7 Å². The molecule has 2 aromatic carbocycles. The predicted molar refractivity (Wildman–Crippen MR) is 89.8 cm³/mol. The minimum absolute atomic E-state index is 0.191. The van der Waals surface area contributed by atoms with Crippen molar-refractivity contribution in [2.24, 2.45) is 0 Å². The molecular weight excluding hydrogens is 397 g/mol. The lowest BCUT2D eigenvalue weighted by Gasteiger charge is -2.24. The molecule has 6 nitrogen and oxygen atoms in total. The van der Waals surface area contributed by atoms with Gasteiger partial charge in [-0.1, -0.05) is 17.7 Å². The van der Waals surface area contributed by atoms with Gasteiger partial charge in [0.2, 0.25) is 0 Å². The maximum absolute atomic E-state index is 13.0. The summed E-state index contributed by atoms with van der Waals surface area (Å²) >= 11 is 5.55. The minimum atomic E-state index is -4.76. The number of hydrogen-bond acceptors (Lipinski definition) is 4. The Morgan fingerprint density at radius 3 is 2.38 bits per heavy atom. The van der Waals surface area contributed by atoms with Gasteiger partial charge in [-0.2, -0.15) is 13.2 Å². The van der Waals surface area contributed by atoms with Crippen LogP contribution in [0, 0.1) is 10.1 Å². The second-order valence-corrected chi connectivity index (χ2v) is 7.36. The fraction of sp³-hybridized carbons (Fsp3) is 0.200. The number of nitro benzene ring substituents is 1. The summed E-state index contributed by atoms with van der Waals surface area (Å²) in [6.45, 7) is 1.24. The Morgan fingerprint density at radius 2 is 1.85 bits per heavy atom. The molecule has 0 saturated heterocycles. The van der Waals surface area contributed by atoms with Crippen LogP contribution in [0.1, 0.15) is 12.5 Å². The molecule has 0 aromatic heterocycles. The van der Waals surface area contributed by atoms with Crippen LogP contribution in [0.5, 0.6) is 0 Å². The summed E-state index contributed by atoms with van der Waals surface area (Å²) in [5, 5.41) is 10.3. The number of nitrogens with zero attached hydrogens (tertiary/aromatic N) is 2. The van der Waals surface area contributed by atoms with Crippen LogP contribution in [0.3, 0.4) is 0 Å². The van der Waals surface area contributed by atoms with E-state index in [2.05, 4.69) is 0 Å². The molecule has 0 spiro atoms. The van der Waals surface area contributed by atoms with Crippen LogP contribution in [0.25, 0.3) is 0 Å². The molecule has 26 heavy (non-hydrogen) atoms. The van der Waals surface area contributed by atoms with E-state index in [9.17, 15) is 31.7 Å². The molecule has 2 aromatic rings. The zero-order valence-corrected chi connectivity index (χ0v) is 14.8. The molecule has 0 aliphatic rings. The van der Waals surface area contributed by atoms with E-state index in [0.29, 0.717) is 6.07 Å². The van der Waals surface area contributed by atoms with Crippen LogP contribution in [-0.2, 0) is 16.2 Å². The summed E-state index contributed by atoms with van der Waals surface area (Å²) in [7, 11) is -4.32. The number of alkyl halides is 3. The van der Waals surface area contributed by atoms with Crippen molar-refractivity contribution in [3.8, 4) is 0 Å². The van der Waals surface area contributed by atoms with Crippen LogP contribution in [0.15, 0.2) is 47.4 Å². The Morgan fingerprint density at radius 1 is 1.19 bits per heavy atom. The van der Waals surface area contributed by atoms with Crippen LogP contribution in [0.4, 0.5) is 24.5 Å². The molecular formula is C15H12ClF3N2O4S. The van der Waals surface area contributed by atoms with E-state index in [1.807, 2.05) is 0 Å². The fourth-order valence-corrected chi connectivity index (χ4v) is 3.99. The molecule has 140 valence electrons. The average molecular weight is 409 g/mol. The van der Waals surface area contributed by atoms with Crippen molar-refractivity contribution in [1.29, 1.82) is 0 Å².